The number of pyridine rings is 1. The molecule has 0 aliphatic rings. The second-order valence-corrected chi connectivity index (χ2v) is 5.70. The molecule has 0 atom stereocenters. The van der Waals surface area contributed by atoms with Gasteiger partial charge in [0.25, 0.3) is 0 Å². The molecule has 3 nitrogen and oxygen atoms in total. The number of hydrogen-bond donors (Lipinski definition) is 0. The van der Waals surface area contributed by atoms with Crippen molar-refractivity contribution in [2.24, 2.45) is 4.99 Å². The summed E-state index contributed by atoms with van der Waals surface area (Å²) in [7, 11) is 1.58. The zero-order valence-electron chi connectivity index (χ0n) is 9.72. The normalized spacial score (nSPS) is 11.4. The van der Waals surface area contributed by atoms with Crippen molar-refractivity contribution in [1.82, 2.24) is 4.98 Å². The molecule has 0 unspecified atom stereocenters. The summed E-state index contributed by atoms with van der Waals surface area (Å²) in [5, 5.41) is 0.448. The minimum absolute atomic E-state index is 0.448. The third-order valence-electron chi connectivity index (χ3n) is 2.32. The van der Waals surface area contributed by atoms with Gasteiger partial charge in [0.2, 0.25) is 0 Å². The molecule has 89 valence electrons. The predicted octanol–water partition coefficient (Wildman–Crippen LogP) is 2.99. The van der Waals surface area contributed by atoms with Crippen molar-refractivity contribution >= 4 is 46.5 Å². The average molecular weight is 453 g/mol. The Morgan fingerprint density at radius 3 is 2.67 bits per heavy atom. The van der Waals surface area contributed by atoms with Gasteiger partial charge in [0, 0.05) is 0 Å². The van der Waals surface area contributed by atoms with Gasteiger partial charge in [-0.2, -0.15) is 0 Å². The van der Waals surface area contributed by atoms with Gasteiger partial charge in [-0.25, -0.2) is 0 Å². The van der Waals surface area contributed by atoms with Crippen molar-refractivity contribution in [1.29, 1.82) is 0 Å². The summed E-state index contributed by atoms with van der Waals surface area (Å²) in [6.45, 7) is 0. The van der Waals surface area contributed by atoms with Crippen molar-refractivity contribution in [2.75, 3.05) is 7.11 Å². The van der Waals surface area contributed by atoms with Crippen LogP contribution >= 0.6 is 11.6 Å². The van der Waals surface area contributed by atoms with E-state index < -0.39 is 0 Å². The van der Waals surface area contributed by atoms with Gasteiger partial charge < -0.3 is 0 Å². The molecule has 0 aliphatic heterocycles. The Labute approximate surface area is 127 Å². The maximum absolute atomic E-state index is 6.16. The number of ether oxygens (including phenoxy) is 1. The van der Waals surface area contributed by atoms with E-state index in [4.69, 9.17) is 16.3 Å². The van der Waals surface area contributed by atoms with E-state index >= 15 is 0 Å². The molecule has 0 aliphatic carbocycles. The summed E-state index contributed by atoms with van der Waals surface area (Å²) in [5.41, 5.74) is 1.10. The average Bonchev–Trinajstić information content (AvgIpc) is 2.42. The van der Waals surface area contributed by atoms with E-state index in [0.29, 0.717) is 16.6 Å². The Hall–Kier alpha value is -0.948. The van der Waals surface area contributed by atoms with Crippen LogP contribution in [0.3, 0.4) is 0 Å². The molecule has 0 bridgehead atoms. The van der Waals surface area contributed by atoms with Crippen LogP contribution in [-0.2, 0) is 0 Å². The molecule has 2 aromatic rings. The van der Waals surface area contributed by atoms with E-state index in [1.54, 1.807) is 19.4 Å². The summed E-state index contributed by atoms with van der Waals surface area (Å²) in [5.74, 6) is 1.10. The molecule has 1 aromatic heterocycles. The topological polar surface area (TPSA) is 34.5 Å². The second kappa shape index (κ2) is 6.29. The number of aromatic nitrogens is 1. The number of methoxy groups -OCH3 is 1. The van der Waals surface area contributed by atoms with Crippen LogP contribution in [0.5, 0.6) is 5.75 Å². The molecule has 1 aromatic carbocycles. The summed E-state index contributed by atoms with van der Waals surface area (Å²) >= 11 is 6.98. The Morgan fingerprint density at radius 2 is 2.00 bits per heavy atom. The van der Waals surface area contributed by atoms with E-state index in [-0.39, 0.29) is 0 Å². The number of aliphatic imine (C=N–C) groups is 1. The van der Waals surface area contributed by atoms with E-state index in [2.05, 4.69) is 9.98 Å². The van der Waals surface area contributed by atoms with Crippen molar-refractivity contribution in [3.05, 3.63) is 53.2 Å². The van der Waals surface area contributed by atoms with Gasteiger partial charge >= 0.3 is 127 Å². The molecule has 0 N–H and O–H groups in total. The third kappa shape index (κ3) is 3.08. The minimum atomic E-state index is 0.448. The molecule has 5 heteroatoms. The fourth-order valence-electron chi connectivity index (χ4n) is 1.42. The number of nitrogens with zero attached hydrogens (tertiary/aromatic N) is 2. The Balaban J connectivity index is 2.39. The monoisotopic (exact) mass is 453 g/mol. The number of rotatable bonds is 3. The molecule has 0 saturated heterocycles. The first-order valence-electron chi connectivity index (χ1n) is 5.26. The molecule has 3 radical (unpaired) electrons. The van der Waals surface area contributed by atoms with E-state index in [1.807, 2.05) is 30.3 Å². The zero-order chi connectivity index (χ0) is 13.0. The maximum atomic E-state index is 6.16. The van der Waals surface area contributed by atoms with Gasteiger partial charge in [-0.05, 0) is 0 Å². The van der Waals surface area contributed by atoms with Crippen molar-refractivity contribution in [2.45, 2.75) is 0 Å². The molecule has 0 fully saturated rings. The molecule has 0 amide bonds. The molecule has 2 rings (SSSR count). The first-order chi connectivity index (χ1) is 8.72. The molecule has 18 heavy (non-hydrogen) atoms. The molecule has 0 spiro atoms. The van der Waals surface area contributed by atoms with Gasteiger partial charge in [-0.3, -0.25) is 0 Å². The number of halogens is 1. The van der Waals surface area contributed by atoms with Crippen LogP contribution < -0.4 is 4.74 Å². The quantitative estimate of drug-likeness (QED) is 0.530. The van der Waals surface area contributed by atoms with Crippen LogP contribution in [0.15, 0.2) is 47.6 Å². The summed E-state index contributed by atoms with van der Waals surface area (Å²) in [6, 6.07) is 11.7. The summed E-state index contributed by atoms with van der Waals surface area (Å²) in [4.78, 5) is 8.67. The molecular weight excluding hydrogens is 443 g/mol. The van der Waals surface area contributed by atoms with Gasteiger partial charge in [-0.1, -0.05) is 0 Å². The fourth-order valence-corrected chi connectivity index (χ4v) is 2.71. The van der Waals surface area contributed by atoms with Gasteiger partial charge in [-0.15, -0.1) is 0 Å². The van der Waals surface area contributed by atoms with Crippen molar-refractivity contribution in [3.63, 3.8) is 0 Å². The molecular formula is C13H10ClN2OPb. The van der Waals surface area contributed by atoms with Crippen molar-refractivity contribution in [3.8, 4) is 5.75 Å². The van der Waals surface area contributed by atoms with Crippen LogP contribution in [-0.4, -0.2) is 41.1 Å². The Morgan fingerprint density at radius 1 is 1.28 bits per heavy atom. The third-order valence-corrected chi connectivity index (χ3v) is 4.23. The number of hydrogen-bond acceptors (Lipinski definition) is 3. The van der Waals surface area contributed by atoms with Crippen LogP contribution in [0, 0.1) is 0 Å². The van der Waals surface area contributed by atoms with Gasteiger partial charge in [0.1, 0.15) is 0 Å². The zero-order valence-corrected chi connectivity index (χ0v) is 14.4. The van der Waals surface area contributed by atoms with Crippen LogP contribution in [0.2, 0.25) is 5.02 Å². The van der Waals surface area contributed by atoms with Crippen LogP contribution in [0.4, 0.5) is 5.82 Å². The van der Waals surface area contributed by atoms with Crippen LogP contribution in [0.1, 0.15) is 5.56 Å². The van der Waals surface area contributed by atoms with Crippen molar-refractivity contribution < 1.29 is 4.74 Å². The van der Waals surface area contributed by atoms with E-state index in [0.717, 1.165) is 34.6 Å². The Bertz CT molecular complexity index is 572. The Kier molecular flexibility index (Phi) is 4.71. The standard InChI is InChI=1S/C13H10ClN2O.Pb/c1-17-11-7-8-15-13(12(11)14)16-9-10-5-3-2-4-6-10;/h2-8H,1H3;. The summed E-state index contributed by atoms with van der Waals surface area (Å²) in [6.07, 6.45) is 1.64. The van der Waals surface area contributed by atoms with Gasteiger partial charge in [0.15, 0.2) is 0 Å². The molecule has 0 saturated carbocycles. The van der Waals surface area contributed by atoms with E-state index in [9.17, 15) is 0 Å². The SMILES string of the molecule is COc1ccnc(N=[C]([Pb])c2ccccc2)c1Cl. The fraction of sp³-hybridized carbons (Fsp3) is 0.0769. The predicted molar refractivity (Wildman–Crippen MR) is 74.2 cm³/mol. The molecule has 1 heterocycles. The summed E-state index contributed by atoms with van der Waals surface area (Å²) < 4.78 is 6.14. The van der Waals surface area contributed by atoms with Crippen LogP contribution in [0.25, 0.3) is 0 Å². The first-order valence-corrected chi connectivity index (χ1v) is 7.58. The second-order valence-electron chi connectivity index (χ2n) is 3.48. The van der Waals surface area contributed by atoms with E-state index in [1.165, 1.54) is 0 Å². The first kappa shape index (κ1) is 13.5. The number of benzene rings is 1. The van der Waals surface area contributed by atoms with Gasteiger partial charge in [0.05, 0.1) is 0 Å².